The summed E-state index contributed by atoms with van der Waals surface area (Å²) in [7, 11) is 0. The van der Waals surface area contributed by atoms with Crippen LogP contribution in [0.5, 0.6) is 0 Å². The highest BCUT2D eigenvalue weighted by Gasteiger charge is 2.19. The van der Waals surface area contributed by atoms with E-state index in [2.05, 4.69) is 81.5 Å². The van der Waals surface area contributed by atoms with Gasteiger partial charge in [0.2, 0.25) is 0 Å². The smallest absolute Gasteiger partial charge is 0.306 e. The fraction of sp³-hybridized carbons (Fsp3) is 0.806. The third-order valence-electron chi connectivity index (χ3n) is 14.0. The highest BCUT2D eigenvalue weighted by Crippen LogP contribution is 2.17. The highest BCUT2D eigenvalue weighted by atomic mass is 16.6. The lowest BCUT2D eigenvalue weighted by atomic mass is 10.0. The minimum Gasteiger partial charge on any atom is -0.462 e. The van der Waals surface area contributed by atoms with E-state index in [0.29, 0.717) is 19.3 Å². The number of hydrogen-bond acceptors (Lipinski definition) is 6. The molecule has 0 aromatic heterocycles. The van der Waals surface area contributed by atoms with Gasteiger partial charge in [-0.2, -0.15) is 0 Å². The van der Waals surface area contributed by atoms with Gasteiger partial charge in [0.25, 0.3) is 0 Å². The second-order valence-electron chi connectivity index (χ2n) is 21.3. The van der Waals surface area contributed by atoms with Crippen LogP contribution in [0.15, 0.2) is 60.8 Å². The van der Waals surface area contributed by atoms with Crippen LogP contribution >= 0.6 is 0 Å². The first-order valence-electron chi connectivity index (χ1n) is 31.8. The summed E-state index contributed by atoms with van der Waals surface area (Å²) in [6, 6.07) is 0. The molecule has 0 spiro atoms. The minimum atomic E-state index is -0.785. The quantitative estimate of drug-likeness (QED) is 0.0261. The van der Waals surface area contributed by atoms with E-state index in [-0.39, 0.29) is 31.1 Å². The van der Waals surface area contributed by atoms with E-state index in [9.17, 15) is 14.4 Å². The molecule has 0 aromatic rings. The molecular weight excluding hydrogens is 901 g/mol. The first kappa shape index (κ1) is 70.1. The monoisotopic (exact) mass is 1020 g/mol. The van der Waals surface area contributed by atoms with Crippen molar-refractivity contribution in [1.82, 2.24) is 0 Å². The Bertz CT molecular complexity index is 1310. The number of allylic oxidation sites excluding steroid dienone is 10. The van der Waals surface area contributed by atoms with E-state index in [0.717, 1.165) is 103 Å². The second kappa shape index (κ2) is 61.7. The number of hydrogen-bond donors (Lipinski definition) is 0. The molecule has 6 heteroatoms. The fourth-order valence-corrected chi connectivity index (χ4v) is 9.25. The molecule has 0 heterocycles. The number of carbonyl (C=O) groups is 3. The lowest BCUT2D eigenvalue weighted by molar-refractivity contribution is -0.167. The Labute approximate surface area is 453 Å². The van der Waals surface area contributed by atoms with Gasteiger partial charge in [-0.1, -0.05) is 287 Å². The fourth-order valence-electron chi connectivity index (χ4n) is 9.25. The average molecular weight is 1020 g/mol. The van der Waals surface area contributed by atoms with Crippen molar-refractivity contribution in [3.05, 3.63) is 60.8 Å². The van der Waals surface area contributed by atoms with Crippen molar-refractivity contribution in [2.75, 3.05) is 13.2 Å². The predicted molar refractivity (Wildman–Crippen MR) is 316 cm³/mol. The molecule has 1 atom stereocenters. The van der Waals surface area contributed by atoms with Gasteiger partial charge in [0.1, 0.15) is 13.2 Å². The lowest BCUT2D eigenvalue weighted by Crippen LogP contribution is -2.30. The molecule has 0 radical (unpaired) electrons. The van der Waals surface area contributed by atoms with Crippen LogP contribution in [0.4, 0.5) is 0 Å². The number of carbonyl (C=O) groups excluding carboxylic acids is 3. The van der Waals surface area contributed by atoms with Gasteiger partial charge in [-0.3, -0.25) is 14.4 Å². The molecule has 6 nitrogen and oxygen atoms in total. The molecule has 0 amide bonds. The Morgan fingerprint density at radius 1 is 0.288 bits per heavy atom. The standard InChI is InChI=1S/C67H120O6/c1-4-7-10-13-16-19-22-25-28-31-32-33-34-35-37-39-42-45-48-51-54-57-60-66(69)72-63-64(62-71-65(68)59-56-53-50-47-44-41-38-30-27-24-21-18-15-12-9-6-3)73-67(70)61-58-55-52-49-46-43-40-36-29-26-23-20-17-14-11-8-5-2/h8,11,17,20-21,24,26,29-30,38,64H,4-7,9-10,12-16,18-19,22-23,25,27-28,31-37,39-63H2,1-3H3/b11-8-,20-17-,24-21-,29-26-,38-30-. The van der Waals surface area contributed by atoms with Crippen LogP contribution < -0.4 is 0 Å². The Morgan fingerprint density at radius 3 is 0.849 bits per heavy atom. The van der Waals surface area contributed by atoms with Crippen LogP contribution in [0.2, 0.25) is 0 Å². The molecule has 0 aliphatic carbocycles. The van der Waals surface area contributed by atoms with Crippen molar-refractivity contribution >= 4 is 17.9 Å². The van der Waals surface area contributed by atoms with E-state index in [4.69, 9.17) is 14.2 Å². The van der Waals surface area contributed by atoms with E-state index in [1.54, 1.807) is 0 Å². The molecule has 1 unspecified atom stereocenters. The normalized spacial score (nSPS) is 12.4. The summed E-state index contributed by atoms with van der Waals surface area (Å²) in [5.74, 6) is -0.886. The van der Waals surface area contributed by atoms with E-state index in [1.807, 2.05) is 0 Å². The van der Waals surface area contributed by atoms with Gasteiger partial charge in [0.05, 0.1) is 0 Å². The molecule has 0 saturated carbocycles. The lowest BCUT2D eigenvalue weighted by Gasteiger charge is -2.18. The SMILES string of the molecule is CC/C=C\C/C=C\C/C=C\CCCCCCCCCC(=O)OC(COC(=O)CCCCCCC/C=C\C/C=C\CCCCCC)COC(=O)CCCCCCCCCCCCCCCCCCCCCCCC. The maximum atomic E-state index is 12.9. The van der Waals surface area contributed by atoms with Gasteiger partial charge >= 0.3 is 17.9 Å². The van der Waals surface area contributed by atoms with Gasteiger partial charge in [-0.15, -0.1) is 0 Å². The summed E-state index contributed by atoms with van der Waals surface area (Å²) in [5, 5.41) is 0. The maximum Gasteiger partial charge on any atom is 0.306 e. The Kier molecular flexibility index (Phi) is 59.2. The van der Waals surface area contributed by atoms with Gasteiger partial charge in [0.15, 0.2) is 6.10 Å². The van der Waals surface area contributed by atoms with Crippen molar-refractivity contribution in [3.63, 3.8) is 0 Å². The Balaban J connectivity index is 4.34. The van der Waals surface area contributed by atoms with E-state index < -0.39 is 6.10 Å². The molecule has 0 aliphatic rings. The number of unbranched alkanes of at least 4 members (excludes halogenated alkanes) is 37. The first-order valence-corrected chi connectivity index (χ1v) is 31.8. The van der Waals surface area contributed by atoms with Crippen molar-refractivity contribution in [3.8, 4) is 0 Å². The number of ether oxygens (including phenoxy) is 3. The zero-order valence-electron chi connectivity index (χ0n) is 48.7. The van der Waals surface area contributed by atoms with Gasteiger partial charge < -0.3 is 14.2 Å². The van der Waals surface area contributed by atoms with Crippen LogP contribution in [-0.4, -0.2) is 37.2 Å². The van der Waals surface area contributed by atoms with Gasteiger partial charge in [-0.05, 0) is 83.5 Å². The Hall–Kier alpha value is -2.89. The molecule has 0 saturated heterocycles. The zero-order chi connectivity index (χ0) is 52.9. The van der Waals surface area contributed by atoms with Crippen molar-refractivity contribution in [1.29, 1.82) is 0 Å². The molecule has 0 rings (SSSR count). The Morgan fingerprint density at radius 2 is 0.534 bits per heavy atom. The summed E-state index contributed by atoms with van der Waals surface area (Å²) in [6.07, 6.45) is 78.0. The zero-order valence-corrected chi connectivity index (χ0v) is 48.7. The van der Waals surface area contributed by atoms with Crippen LogP contribution in [0.25, 0.3) is 0 Å². The second-order valence-corrected chi connectivity index (χ2v) is 21.3. The summed E-state index contributed by atoms with van der Waals surface area (Å²) >= 11 is 0. The molecule has 0 aliphatic heterocycles. The first-order chi connectivity index (χ1) is 36.0. The highest BCUT2D eigenvalue weighted by molar-refractivity contribution is 5.71. The van der Waals surface area contributed by atoms with Crippen molar-refractivity contribution in [2.45, 2.75) is 335 Å². The van der Waals surface area contributed by atoms with Gasteiger partial charge in [0, 0.05) is 19.3 Å². The maximum absolute atomic E-state index is 12.9. The van der Waals surface area contributed by atoms with Gasteiger partial charge in [-0.25, -0.2) is 0 Å². The van der Waals surface area contributed by atoms with E-state index >= 15 is 0 Å². The molecule has 0 bridgehead atoms. The third kappa shape index (κ3) is 59.9. The van der Waals surface area contributed by atoms with Crippen molar-refractivity contribution in [2.24, 2.45) is 0 Å². The summed E-state index contributed by atoms with van der Waals surface area (Å²) in [6.45, 7) is 6.54. The van der Waals surface area contributed by atoms with E-state index in [1.165, 1.54) is 186 Å². The molecule has 0 aromatic carbocycles. The number of rotatable bonds is 58. The summed E-state index contributed by atoms with van der Waals surface area (Å²) in [5.41, 5.74) is 0. The molecular formula is C67H120O6. The summed E-state index contributed by atoms with van der Waals surface area (Å²) < 4.78 is 16.9. The molecule has 0 fully saturated rings. The third-order valence-corrected chi connectivity index (χ3v) is 14.0. The minimum absolute atomic E-state index is 0.0799. The molecule has 424 valence electrons. The van der Waals surface area contributed by atoms with Crippen LogP contribution in [0.1, 0.15) is 329 Å². The van der Waals surface area contributed by atoms with Crippen molar-refractivity contribution < 1.29 is 28.6 Å². The largest absolute Gasteiger partial charge is 0.462 e. The average Bonchev–Trinajstić information content (AvgIpc) is 3.39. The van der Waals surface area contributed by atoms with Crippen LogP contribution in [0, 0.1) is 0 Å². The predicted octanol–water partition coefficient (Wildman–Crippen LogP) is 21.6. The molecule has 0 N–H and O–H groups in total. The van der Waals surface area contributed by atoms with Crippen LogP contribution in [0.3, 0.4) is 0 Å². The summed E-state index contributed by atoms with van der Waals surface area (Å²) in [4.78, 5) is 38.3. The molecule has 73 heavy (non-hydrogen) atoms. The topological polar surface area (TPSA) is 78.9 Å². The van der Waals surface area contributed by atoms with Crippen LogP contribution in [-0.2, 0) is 28.6 Å². The number of esters is 3.